The molecule has 0 amide bonds. The molecule has 0 saturated carbocycles. The molecule has 1 heterocycles. The van der Waals surface area contributed by atoms with Gasteiger partial charge in [0.05, 0.1) is 6.61 Å². The minimum atomic E-state index is 0.108. The van der Waals surface area contributed by atoms with E-state index in [1.54, 1.807) is 0 Å². The Morgan fingerprint density at radius 1 is 1.20 bits per heavy atom. The molecule has 0 aromatic heterocycles. The molecule has 0 spiro atoms. The van der Waals surface area contributed by atoms with Crippen LogP contribution in [0.5, 0.6) is 5.75 Å². The Balaban J connectivity index is 2.17. The molecule has 1 aliphatic heterocycles. The number of nitrogens with one attached hydrogen (secondary N) is 1. The summed E-state index contributed by atoms with van der Waals surface area (Å²) in [5.74, 6) is 1.12. The second kappa shape index (κ2) is 5.69. The van der Waals surface area contributed by atoms with Crippen molar-refractivity contribution in [2.45, 2.75) is 58.4 Å². The fourth-order valence-corrected chi connectivity index (χ4v) is 3.16. The van der Waals surface area contributed by atoms with Crippen molar-refractivity contribution in [1.82, 2.24) is 5.32 Å². The van der Waals surface area contributed by atoms with Crippen molar-refractivity contribution < 1.29 is 4.74 Å². The van der Waals surface area contributed by atoms with Gasteiger partial charge in [-0.2, -0.15) is 0 Å². The predicted molar refractivity (Wildman–Crippen MR) is 88.7 cm³/mol. The highest BCUT2D eigenvalue weighted by molar-refractivity contribution is 9.10. The quantitative estimate of drug-likeness (QED) is 0.875. The van der Waals surface area contributed by atoms with Gasteiger partial charge in [-0.1, -0.05) is 29.8 Å². The van der Waals surface area contributed by atoms with Crippen molar-refractivity contribution in [3.63, 3.8) is 0 Å². The number of hydrogen-bond donors (Lipinski definition) is 1. The zero-order valence-electron chi connectivity index (χ0n) is 13.3. The molecule has 0 saturated heterocycles. The van der Waals surface area contributed by atoms with Gasteiger partial charge in [0, 0.05) is 22.0 Å². The third-order valence-electron chi connectivity index (χ3n) is 3.88. The maximum Gasteiger partial charge on any atom is 0.126 e. The van der Waals surface area contributed by atoms with E-state index in [2.05, 4.69) is 68.0 Å². The van der Waals surface area contributed by atoms with E-state index in [4.69, 9.17) is 4.74 Å². The number of halogens is 1. The van der Waals surface area contributed by atoms with Crippen LogP contribution in [0.3, 0.4) is 0 Å². The van der Waals surface area contributed by atoms with Crippen molar-refractivity contribution in [2.75, 3.05) is 13.2 Å². The molecule has 0 atom stereocenters. The van der Waals surface area contributed by atoms with E-state index in [1.807, 2.05) is 0 Å². The predicted octanol–water partition coefficient (Wildman–Crippen LogP) is 4.44. The van der Waals surface area contributed by atoms with Gasteiger partial charge < -0.3 is 10.1 Å². The Labute approximate surface area is 131 Å². The molecular weight excluding hydrogens is 314 g/mol. The third kappa shape index (κ3) is 3.76. The normalized spacial score (nSPS) is 15.1. The molecule has 1 aromatic carbocycles. The van der Waals surface area contributed by atoms with Crippen molar-refractivity contribution in [3.8, 4) is 5.75 Å². The van der Waals surface area contributed by atoms with Crippen molar-refractivity contribution in [2.24, 2.45) is 0 Å². The van der Waals surface area contributed by atoms with E-state index in [0.717, 1.165) is 36.2 Å². The molecule has 2 rings (SSSR count). The maximum atomic E-state index is 5.88. The molecule has 0 fully saturated rings. The Morgan fingerprint density at radius 3 is 2.55 bits per heavy atom. The molecule has 1 aliphatic rings. The van der Waals surface area contributed by atoms with Gasteiger partial charge in [0.15, 0.2) is 0 Å². The molecule has 1 N–H and O–H groups in total. The summed E-state index contributed by atoms with van der Waals surface area (Å²) in [6.45, 7) is 13.1. The molecule has 112 valence electrons. The van der Waals surface area contributed by atoms with Crippen LogP contribution in [0.2, 0.25) is 0 Å². The van der Waals surface area contributed by atoms with Crippen molar-refractivity contribution in [1.29, 1.82) is 0 Å². The van der Waals surface area contributed by atoms with Gasteiger partial charge >= 0.3 is 0 Å². The van der Waals surface area contributed by atoms with Crippen LogP contribution >= 0.6 is 15.9 Å². The fraction of sp³-hybridized carbons (Fsp3) is 0.647. The molecule has 0 radical (unpaired) electrons. The highest BCUT2D eigenvalue weighted by atomic mass is 79.9. The van der Waals surface area contributed by atoms with Crippen LogP contribution in [0.25, 0.3) is 0 Å². The number of benzene rings is 1. The van der Waals surface area contributed by atoms with Crippen LogP contribution in [0, 0.1) is 0 Å². The number of rotatable bonds is 4. The minimum Gasteiger partial charge on any atom is -0.493 e. The number of ether oxygens (including phenoxy) is 1. The lowest BCUT2D eigenvalue weighted by Gasteiger charge is -2.30. The Kier molecular flexibility index (Phi) is 4.50. The largest absolute Gasteiger partial charge is 0.493 e. The van der Waals surface area contributed by atoms with Crippen LogP contribution < -0.4 is 10.1 Å². The first kappa shape index (κ1) is 15.8. The summed E-state index contributed by atoms with van der Waals surface area (Å²) < 4.78 is 7.04. The van der Waals surface area contributed by atoms with E-state index in [-0.39, 0.29) is 11.0 Å². The number of fused-ring (bicyclic) bond motifs is 1. The summed E-state index contributed by atoms with van der Waals surface area (Å²) in [5, 5.41) is 3.58. The van der Waals surface area contributed by atoms with Gasteiger partial charge in [-0.15, -0.1) is 0 Å². The maximum absolute atomic E-state index is 5.88. The highest BCUT2D eigenvalue weighted by Gasteiger charge is 2.29. The molecule has 0 aliphatic carbocycles. The van der Waals surface area contributed by atoms with Crippen LogP contribution in [-0.4, -0.2) is 18.7 Å². The minimum absolute atomic E-state index is 0.108. The van der Waals surface area contributed by atoms with Gasteiger partial charge in [0.1, 0.15) is 5.75 Å². The van der Waals surface area contributed by atoms with Crippen LogP contribution in [0.4, 0.5) is 0 Å². The van der Waals surface area contributed by atoms with Gasteiger partial charge in [-0.3, -0.25) is 0 Å². The first-order chi connectivity index (χ1) is 9.19. The molecule has 2 nitrogen and oxygen atoms in total. The molecule has 0 bridgehead atoms. The fourth-order valence-electron chi connectivity index (χ4n) is 2.66. The first-order valence-electron chi connectivity index (χ1n) is 7.40. The zero-order valence-corrected chi connectivity index (χ0v) is 14.9. The average molecular weight is 340 g/mol. The summed E-state index contributed by atoms with van der Waals surface area (Å²) in [7, 11) is 0. The van der Waals surface area contributed by atoms with E-state index in [0.29, 0.717) is 0 Å². The lowest BCUT2D eigenvalue weighted by molar-refractivity contribution is 0.335. The molecule has 20 heavy (non-hydrogen) atoms. The van der Waals surface area contributed by atoms with Crippen molar-refractivity contribution >= 4 is 15.9 Å². The summed E-state index contributed by atoms with van der Waals surface area (Å²) in [4.78, 5) is 0. The average Bonchev–Trinajstić information content (AvgIpc) is 2.73. The van der Waals surface area contributed by atoms with E-state index < -0.39 is 0 Å². The summed E-state index contributed by atoms with van der Waals surface area (Å²) in [6.07, 6.45) is 2.12. The SMILES string of the molecule is CC(C)(C)NCCC(C)(C)c1cc(Br)cc2c1OCC2. The Bertz CT molecular complexity index is 488. The van der Waals surface area contributed by atoms with Gasteiger partial charge in [0.2, 0.25) is 0 Å². The lowest BCUT2D eigenvalue weighted by Crippen LogP contribution is -2.38. The number of hydrogen-bond acceptors (Lipinski definition) is 2. The highest BCUT2D eigenvalue weighted by Crippen LogP contribution is 2.41. The Hall–Kier alpha value is -0.540. The second-order valence-electron chi connectivity index (χ2n) is 7.35. The van der Waals surface area contributed by atoms with Gasteiger partial charge in [-0.05, 0) is 56.8 Å². The van der Waals surface area contributed by atoms with Crippen molar-refractivity contribution in [3.05, 3.63) is 27.7 Å². The summed E-state index contributed by atoms with van der Waals surface area (Å²) in [5.41, 5.74) is 2.95. The smallest absolute Gasteiger partial charge is 0.126 e. The zero-order chi connectivity index (χ0) is 15.0. The lowest BCUT2D eigenvalue weighted by atomic mass is 9.80. The van der Waals surface area contributed by atoms with Gasteiger partial charge in [-0.25, -0.2) is 0 Å². The molecule has 1 aromatic rings. The Morgan fingerprint density at radius 2 is 1.90 bits per heavy atom. The van der Waals surface area contributed by atoms with E-state index in [9.17, 15) is 0 Å². The van der Waals surface area contributed by atoms with Crippen LogP contribution in [0.1, 0.15) is 52.2 Å². The molecular formula is C17H26BrNO. The standard InChI is InChI=1S/C17H26BrNO/c1-16(2,3)19-8-7-17(4,5)14-11-13(18)10-12-6-9-20-15(12)14/h10-11,19H,6-9H2,1-5H3. The van der Waals surface area contributed by atoms with E-state index in [1.165, 1.54) is 11.1 Å². The second-order valence-corrected chi connectivity index (χ2v) is 8.27. The summed E-state index contributed by atoms with van der Waals surface area (Å²) >= 11 is 3.64. The van der Waals surface area contributed by atoms with Crippen LogP contribution in [0.15, 0.2) is 16.6 Å². The third-order valence-corrected chi connectivity index (χ3v) is 4.34. The molecule has 3 heteroatoms. The monoisotopic (exact) mass is 339 g/mol. The summed E-state index contributed by atoms with van der Waals surface area (Å²) in [6, 6.07) is 4.41. The van der Waals surface area contributed by atoms with Crippen LogP contribution in [-0.2, 0) is 11.8 Å². The topological polar surface area (TPSA) is 21.3 Å². The first-order valence-corrected chi connectivity index (χ1v) is 8.19. The molecule has 0 unspecified atom stereocenters. The van der Waals surface area contributed by atoms with Gasteiger partial charge in [0.25, 0.3) is 0 Å². The van der Waals surface area contributed by atoms with E-state index >= 15 is 0 Å².